The molecule has 3 N–H and O–H groups in total. The Balaban J connectivity index is 2.61. The molecule has 0 aliphatic heterocycles. The van der Waals surface area contributed by atoms with Crippen LogP contribution in [0, 0.1) is 6.57 Å². The number of nitrogens with one attached hydrogen (secondary N) is 1. The first-order chi connectivity index (χ1) is 7.13. The Kier molecular flexibility index (Phi) is 3.69. The Morgan fingerprint density at radius 1 is 1.53 bits per heavy atom. The zero-order valence-corrected chi connectivity index (χ0v) is 8.53. The molecule has 0 heterocycles. The van der Waals surface area contributed by atoms with Gasteiger partial charge in [0.15, 0.2) is 0 Å². The minimum atomic E-state index is -0.255. The van der Waals surface area contributed by atoms with Gasteiger partial charge in [0.25, 0.3) is 6.54 Å². The maximum Gasteiger partial charge on any atom is 0.300 e. The second-order valence-corrected chi connectivity index (χ2v) is 3.27. The van der Waals surface area contributed by atoms with Crippen molar-refractivity contribution in [3.8, 4) is 0 Å². The first-order valence-corrected chi connectivity index (χ1v) is 4.61. The Morgan fingerprint density at radius 2 is 2.13 bits per heavy atom. The molecule has 0 spiro atoms. The predicted octanol–water partition coefficient (Wildman–Crippen LogP) is 1.37. The molecule has 4 nitrogen and oxygen atoms in total. The molecule has 0 unspecified atom stereocenters. The van der Waals surface area contributed by atoms with E-state index in [1.165, 1.54) is 0 Å². The molecule has 1 amide bonds. The molecule has 0 saturated heterocycles. The summed E-state index contributed by atoms with van der Waals surface area (Å²) in [5.41, 5.74) is 7.22. The summed E-state index contributed by atoms with van der Waals surface area (Å²) in [5.74, 6) is -0.255. The summed E-state index contributed by atoms with van der Waals surface area (Å²) in [5, 5.41) is 2.72. The van der Waals surface area contributed by atoms with Crippen LogP contribution in [0.3, 0.4) is 0 Å². The van der Waals surface area contributed by atoms with Gasteiger partial charge in [-0.15, -0.1) is 0 Å². The van der Waals surface area contributed by atoms with Crippen molar-refractivity contribution in [1.29, 1.82) is 0 Å². The number of amides is 1. The fourth-order valence-electron chi connectivity index (χ4n) is 1.23. The van der Waals surface area contributed by atoms with Gasteiger partial charge in [-0.2, -0.15) is 0 Å². The van der Waals surface area contributed by atoms with Gasteiger partial charge in [0.2, 0.25) is 0 Å². The summed E-state index contributed by atoms with van der Waals surface area (Å²) in [6.45, 7) is 8.30. The first-order valence-electron chi connectivity index (χ1n) is 4.61. The summed E-state index contributed by atoms with van der Waals surface area (Å²) in [6, 6.07) is 7.19. The average molecular weight is 203 g/mol. The van der Waals surface area contributed by atoms with Crippen LogP contribution in [0.5, 0.6) is 0 Å². The SMILES string of the molecule is [C-]#[N+]CC(=O)N[C@@H](C)c1ccc(N)cc1. The molecule has 78 valence electrons. The number of nitrogen functional groups attached to an aromatic ring is 1. The molecule has 1 aromatic carbocycles. The van der Waals surface area contributed by atoms with Crippen LogP contribution in [-0.4, -0.2) is 12.5 Å². The van der Waals surface area contributed by atoms with E-state index in [0.29, 0.717) is 5.69 Å². The number of nitrogens with two attached hydrogens (primary N) is 1. The van der Waals surface area contributed by atoms with E-state index in [4.69, 9.17) is 12.3 Å². The number of anilines is 1. The fourth-order valence-corrected chi connectivity index (χ4v) is 1.23. The Morgan fingerprint density at radius 3 is 2.67 bits per heavy atom. The molecule has 0 radical (unpaired) electrons. The van der Waals surface area contributed by atoms with Gasteiger partial charge < -0.3 is 15.9 Å². The maximum atomic E-state index is 11.1. The zero-order valence-electron chi connectivity index (χ0n) is 8.53. The molecule has 0 fully saturated rings. The lowest BCUT2D eigenvalue weighted by molar-refractivity contribution is -0.119. The lowest BCUT2D eigenvalue weighted by Crippen LogP contribution is -2.28. The molecule has 1 atom stereocenters. The van der Waals surface area contributed by atoms with Gasteiger partial charge in [-0.25, -0.2) is 6.57 Å². The smallest absolute Gasteiger partial charge is 0.300 e. The van der Waals surface area contributed by atoms with Crippen molar-refractivity contribution in [3.05, 3.63) is 41.2 Å². The number of carbonyl (C=O) groups is 1. The van der Waals surface area contributed by atoms with Crippen molar-refractivity contribution in [3.63, 3.8) is 0 Å². The molecule has 0 aliphatic carbocycles. The zero-order chi connectivity index (χ0) is 11.3. The van der Waals surface area contributed by atoms with E-state index in [2.05, 4.69) is 10.2 Å². The number of hydrogen-bond donors (Lipinski definition) is 2. The minimum Gasteiger partial charge on any atom is -0.399 e. The molecule has 1 aromatic rings. The van der Waals surface area contributed by atoms with Gasteiger partial charge in [-0.05, 0) is 24.6 Å². The third-order valence-electron chi connectivity index (χ3n) is 2.04. The van der Waals surface area contributed by atoms with E-state index >= 15 is 0 Å². The van der Waals surface area contributed by atoms with Crippen LogP contribution in [0.15, 0.2) is 24.3 Å². The molecular formula is C11H13N3O. The van der Waals surface area contributed by atoms with Crippen molar-refractivity contribution in [2.45, 2.75) is 13.0 Å². The summed E-state index contributed by atoms with van der Waals surface area (Å²) in [6.07, 6.45) is 0. The average Bonchev–Trinajstić information content (AvgIpc) is 2.18. The highest BCUT2D eigenvalue weighted by Gasteiger charge is 2.10. The van der Waals surface area contributed by atoms with E-state index in [1.54, 1.807) is 12.1 Å². The Bertz CT molecular complexity index is 378. The molecule has 0 saturated carbocycles. The van der Waals surface area contributed by atoms with Crippen molar-refractivity contribution < 1.29 is 4.79 Å². The largest absolute Gasteiger partial charge is 0.399 e. The normalized spacial score (nSPS) is 11.5. The van der Waals surface area contributed by atoms with Gasteiger partial charge in [0, 0.05) is 5.69 Å². The summed E-state index contributed by atoms with van der Waals surface area (Å²) in [7, 11) is 0. The van der Waals surface area contributed by atoms with Crippen molar-refractivity contribution in [2.24, 2.45) is 0 Å². The maximum absolute atomic E-state index is 11.1. The summed E-state index contributed by atoms with van der Waals surface area (Å²) in [4.78, 5) is 14.2. The third-order valence-corrected chi connectivity index (χ3v) is 2.04. The topological polar surface area (TPSA) is 59.5 Å². The minimum absolute atomic E-state index is 0.0974. The molecule has 0 bridgehead atoms. The second kappa shape index (κ2) is 5.01. The highest BCUT2D eigenvalue weighted by atomic mass is 16.1. The van der Waals surface area contributed by atoms with Crippen LogP contribution in [0.25, 0.3) is 4.85 Å². The van der Waals surface area contributed by atoms with Crippen molar-refractivity contribution in [2.75, 3.05) is 12.3 Å². The second-order valence-electron chi connectivity index (χ2n) is 3.27. The Labute approximate surface area is 88.9 Å². The third kappa shape index (κ3) is 3.31. The van der Waals surface area contributed by atoms with Crippen LogP contribution in [0.4, 0.5) is 5.69 Å². The summed E-state index contributed by atoms with van der Waals surface area (Å²) < 4.78 is 0. The van der Waals surface area contributed by atoms with Crippen LogP contribution in [-0.2, 0) is 4.79 Å². The number of carbonyl (C=O) groups excluding carboxylic acids is 1. The van der Waals surface area contributed by atoms with E-state index in [9.17, 15) is 4.79 Å². The van der Waals surface area contributed by atoms with Crippen LogP contribution in [0.2, 0.25) is 0 Å². The summed E-state index contributed by atoms with van der Waals surface area (Å²) >= 11 is 0. The van der Waals surface area contributed by atoms with Gasteiger partial charge in [0.1, 0.15) is 0 Å². The fraction of sp³-hybridized carbons (Fsp3) is 0.273. The Hall–Kier alpha value is -2.02. The molecule has 0 aromatic heterocycles. The quantitative estimate of drug-likeness (QED) is 0.575. The first kappa shape index (κ1) is 11.1. The lowest BCUT2D eigenvalue weighted by atomic mass is 10.1. The number of rotatable bonds is 3. The van der Waals surface area contributed by atoms with Crippen LogP contribution in [0.1, 0.15) is 18.5 Å². The number of nitrogens with zero attached hydrogens (tertiary/aromatic N) is 1. The highest BCUT2D eigenvalue weighted by Crippen LogP contribution is 2.13. The van der Waals surface area contributed by atoms with E-state index < -0.39 is 0 Å². The lowest BCUT2D eigenvalue weighted by Gasteiger charge is -2.12. The van der Waals surface area contributed by atoms with E-state index in [1.807, 2.05) is 19.1 Å². The van der Waals surface area contributed by atoms with Gasteiger partial charge in [-0.3, -0.25) is 4.79 Å². The van der Waals surface area contributed by atoms with Gasteiger partial charge >= 0.3 is 5.91 Å². The standard InChI is InChI=1S/C11H13N3O/c1-8(14-11(15)7-13-2)9-3-5-10(12)6-4-9/h3-6,8H,7,12H2,1H3,(H,14,15)/t8-/m0/s1. The van der Waals surface area contributed by atoms with Crippen LogP contribution < -0.4 is 11.1 Å². The predicted molar refractivity (Wildman–Crippen MR) is 58.9 cm³/mol. The van der Waals surface area contributed by atoms with Crippen molar-refractivity contribution >= 4 is 11.6 Å². The van der Waals surface area contributed by atoms with Crippen LogP contribution >= 0.6 is 0 Å². The molecule has 1 rings (SSSR count). The van der Waals surface area contributed by atoms with Gasteiger partial charge in [0.05, 0.1) is 6.04 Å². The molecule has 4 heteroatoms. The van der Waals surface area contributed by atoms with Gasteiger partial charge in [-0.1, -0.05) is 12.1 Å². The van der Waals surface area contributed by atoms with Crippen molar-refractivity contribution in [1.82, 2.24) is 5.32 Å². The number of hydrogen-bond acceptors (Lipinski definition) is 2. The highest BCUT2D eigenvalue weighted by molar-refractivity contribution is 5.79. The van der Waals surface area contributed by atoms with E-state index in [-0.39, 0.29) is 18.5 Å². The molecule has 0 aliphatic rings. The van der Waals surface area contributed by atoms with E-state index in [0.717, 1.165) is 5.56 Å². The number of benzene rings is 1. The molecular weight excluding hydrogens is 190 g/mol. The molecule has 15 heavy (non-hydrogen) atoms. The monoisotopic (exact) mass is 203 g/mol.